The molecule has 2 aliphatic heterocycles. The van der Waals surface area contributed by atoms with Gasteiger partial charge in [0.05, 0.1) is 19.3 Å². The van der Waals surface area contributed by atoms with Gasteiger partial charge in [-0.05, 0) is 37.0 Å². The molecule has 0 amide bonds. The molecular formula is C18H26N2O2. The molecule has 2 fully saturated rings. The number of rotatable bonds is 6. The molecular weight excluding hydrogens is 276 g/mol. The van der Waals surface area contributed by atoms with E-state index in [1.54, 1.807) is 0 Å². The Bertz CT molecular complexity index is 479. The van der Waals surface area contributed by atoms with Crippen LogP contribution in [0.2, 0.25) is 0 Å². The lowest BCUT2D eigenvalue weighted by Gasteiger charge is -2.50. The Hall–Kier alpha value is -1.23. The molecule has 3 rings (SSSR count). The van der Waals surface area contributed by atoms with Gasteiger partial charge < -0.3 is 9.47 Å². The Balaban J connectivity index is 1.67. The summed E-state index contributed by atoms with van der Waals surface area (Å²) in [4.78, 5) is 6.64. The summed E-state index contributed by atoms with van der Waals surface area (Å²) in [6, 6.07) is 4.20. The normalized spacial score (nSPS) is 29.0. The molecule has 0 bridgehead atoms. The van der Waals surface area contributed by atoms with Crippen molar-refractivity contribution in [3.05, 3.63) is 42.7 Å². The zero-order valence-corrected chi connectivity index (χ0v) is 13.2. The summed E-state index contributed by atoms with van der Waals surface area (Å²) in [6.07, 6.45) is 9.34. The molecule has 0 saturated carbocycles. The molecule has 3 heterocycles. The summed E-state index contributed by atoms with van der Waals surface area (Å²) in [7, 11) is 0. The number of nitrogens with zero attached hydrogens (tertiary/aromatic N) is 2. The molecule has 2 atom stereocenters. The zero-order valence-electron chi connectivity index (χ0n) is 13.2. The van der Waals surface area contributed by atoms with E-state index in [2.05, 4.69) is 28.6 Å². The van der Waals surface area contributed by atoms with E-state index < -0.39 is 0 Å². The van der Waals surface area contributed by atoms with Crippen molar-refractivity contribution in [3.8, 4) is 0 Å². The second-order valence-corrected chi connectivity index (χ2v) is 6.48. The highest BCUT2D eigenvalue weighted by molar-refractivity contribution is 5.10. The third-order valence-electron chi connectivity index (χ3n) is 4.85. The molecule has 4 nitrogen and oxygen atoms in total. The largest absolute Gasteiger partial charge is 0.377 e. The number of hydrogen-bond acceptors (Lipinski definition) is 4. The van der Waals surface area contributed by atoms with Gasteiger partial charge in [-0.1, -0.05) is 6.08 Å². The second kappa shape index (κ2) is 7.36. The van der Waals surface area contributed by atoms with Crippen LogP contribution in [0, 0.1) is 5.41 Å². The molecule has 0 aliphatic carbocycles. The van der Waals surface area contributed by atoms with Crippen LogP contribution in [0.4, 0.5) is 0 Å². The van der Waals surface area contributed by atoms with Crippen molar-refractivity contribution in [2.75, 3.05) is 32.9 Å². The van der Waals surface area contributed by atoms with Gasteiger partial charge in [-0.2, -0.15) is 0 Å². The Labute approximate surface area is 133 Å². The van der Waals surface area contributed by atoms with E-state index in [1.807, 2.05) is 18.5 Å². The van der Waals surface area contributed by atoms with Crippen molar-refractivity contribution < 1.29 is 9.47 Å². The van der Waals surface area contributed by atoms with Gasteiger partial charge in [-0.3, -0.25) is 9.88 Å². The van der Waals surface area contributed by atoms with Crippen LogP contribution in [-0.2, 0) is 16.0 Å². The average Bonchev–Trinajstić information content (AvgIpc) is 2.56. The number of pyridine rings is 1. The van der Waals surface area contributed by atoms with E-state index in [-0.39, 0.29) is 5.41 Å². The Kier molecular flexibility index (Phi) is 5.24. The van der Waals surface area contributed by atoms with Crippen LogP contribution < -0.4 is 0 Å². The maximum atomic E-state index is 6.07. The van der Waals surface area contributed by atoms with Crippen LogP contribution in [-0.4, -0.2) is 48.9 Å². The van der Waals surface area contributed by atoms with Crippen molar-refractivity contribution in [2.45, 2.75) is 31.9 Å². The molecule has 120 valence electrons. The third kappa shape index (κ3) is 3.57. The maximum Gasteiger partial charge on any atom is 0.0677 e. The molecule has 4 heteroatoms. The van der Waals surface area contributed by atoms with Gasteiger partial charge in [0.2, 0.25) is 0 Å². The molecule has 0 aromatic carbocycles. The summed E-state index contributed by atoms with van der Waals surface area (Å²) in [5.74, 6) is 0. The molecule has 0 spiro atoms. The molecule has 0 unspecified atom stereocenters. The van der Waals surface area contributed by atoms with Crippen molar-refractivity contribution in [2.24, 2.45) is 5.41 Å². The van der Waals surface area contributed by atoms with Gasteiger partial charge in [0.1, 0.15) is 0 Å². The summed E-state index contributed by atoms with van der Waals surface area (Å²) in [6.45, 7) is 9.17. The van der Waals surface area contributed by atoms with E-state index in [1.165, 1.54) is 12.0 Å². The molecule has 22 heavy (non-hydrogen) atoms. The maximum absolute atomic E-state index is 6.07. The molecule has 2 saturated heterocycles. The molecule has 1 aromatic heterocycles. The SMILES string of the molecule is C=CCOC[C@]12CCCO[C@H]1CCN(Cc1ccncc1)C2. The first-order chi connectivity index (χ1) is 10.8. The lowest BCUT2D eigenvalue weighted by molar-refractivity contribution is -0.152. The minimum atomic E-state index is 0.145. The highest BCUT2D eigenvalue weighted by atomic mass is 16.5. The monoisotopic (exact) mass is 302 g/mol. The van der Waals surface area contributed by atoms with Crippen LogP contribution >= 0.6 is 0 Å². The second-order valence-electron chi connectivity index (χ2n) is 6.48. The molecule has 1 aromatic rings. The van der Waals surface area contributed by atoms with Gasteiger partial charge in [0.25, 0.3) is 0 Å². The quantitative estimate of drug-likeness (QED) is 0.598. The van der Waals surface area contributed by atoms with Crippen LogP contribution in [0.5, 0.6) is 0 Å². The van der Waals surface area contributed by atoms with E-state index in [4.69, 9.17) is 9.47 Å². The van der Waals surface area contributed by atoms with Gasteiger partial charge >= 0.3 is 0 Å². The van der Waals surface area contributed by atoms with Crippen LogP contribution in [0.3, 0.4) is 0 Å². The Morgan fingerprint density at radius 3 is 3.14 bits per heavy atom. The molecule has 2 aliphatic rings. The summed E-state index contributed by atoms with van der Waals surface area (Å²) < 4.78 is 11.9. The number of aromatic nitrogens is 1. The van der Waals surface area contributed by atoms with E-state index in [0.29, 0.717) is 12.7 Å². The first-order valence-corrected chi connectivity index (χ1v) is 8.24. The molecule has 0 radical (unpaired) electrons. The number of hydrogen-bond donors (Lipinski definition) is 0. The van der Waals surface area contributed by atoms with Crippen molar-refractivity contribution in [1.82, 2.24) is 9.88 Å². The van der Waals surface area contributed by atoms with Crippen molar-refractivity contribution >= 4 is 0 Å². The first kappa shape index (κ1) is 15.7. The Morgan fingerprint density at radius 1 is 1.45 bits per heavy atom. The topological polar surface area (TPSA) is 34.6 Å². The zero-order chi connectivity index (χ0) is 15.3. The van der Waals surface area contributed by atoms with E-state index in [9.17, 15) is 0 Å². The predicted molar refractivity (Wildman–Crippen MR) is 86.6 cm³/mol. The predicted octanol–water partition coefficient (Wildman–Crippen LogP) is 2.66. The summed E-state index contributed by atoms with van der Waals surface area (Å²) in [5, 5.41) is 0. The summed E-state index contributed by atoms with van der Waals surface area (Å²) >= 11 is 0. The lowest BCUT2D eigenvalue weighted by Crippen LogP contribution is -2.56. The fourth-order valence-electron chi connectivity index (χ4n) is 3.82. The molecule has 0 N–H and O–H groups in total. The number of likely N-dealkylation sites (tertiary alicyclic amines) is 1. The highest BCUT2D eigenvalue weighted by Gasteiger charge is 2.45. The fraction of sp³-hybridized carbons (Fsp3) is 0.611. The fourth-order valence-corrected chi connectivity index (χ4v) is 3.82. The lowest BCUT2D eigenvalue weighted by atomic mass is 9.73. The van der Waals surface area contributed by atoms with Crippen molar-refractivity contribution in [1.29, 1.82) is 0 Å². The number of piperidine rings is 1. The number of fused-ring (bicyclic) bond motifs is 1. The smallest absolute Gasteiger partial charge is 0.0677 e. The van der Waals surface area contributed by atoms with Crippen LogP contribution in [0.15, 0.2) is 37.2 Å². The van der Waals surface area contributed by atoms with Crippen molar-refractivity contribution in [3.63, 3.8) is 0 Å². The minimum absolute atomic E-state index is 0.145. The van der Waals surface area contributed by atoms with Crippen LogP contribution in [0.1, 0.15) is 24.8 Å². The first-order valence-electron chi connectivity index (χ1n) is 8.24. The Morgan fingerprint density at radius 2 is 2.32 bits per heavy atom. The van der Waals surface area contributed by atoms with Gasteiger partial charge in [0, 0.05) is 44.0 Å². The van der Waals surface area contributed by atoms with Gasteiger partial charge in [-0.15, -0.1) is 6.58 Å². The highest BCUT2D eigenvalue weighted by Crippen LogP contribution is 2.40. The van der Waals surface area contributed by atoms with Gasteiger partial charge in [0.15, 0.2) is 0 Å². The number of ether oxygens (including phenoxy) is 2. The summed E-state index contributed by atoms with van der Waals surface area (Å²) in [5.41, 5.74) is 1.47. The van der Waals surface area contributed by atoms with Gasteiger partial charge in [-0.25, -0.2) is 0 Å². The average molecular weight is 302 g/mol. The third-order valence-corrected chi connectivity index (χ3v) is 4.85. The van der Waals surface area contributed by atoms with E-state index >= 15 is 0 Å². The standard InChI is InChI=1S/C18H26N2O2/c1-2-11-21-15-18-7-3-12-22-17(18)6-10-20(14-18)13-16-4-8-19-9-5-16/h2,4-5,8-9,17H,1,3,6-7,10-15H2/t17-,18+/m0/s1. The van der Waals surface area contributed by atoms with Crippen LogP contribution in [0.25, 0.3) is 0 Å². The minimum Gasteiger partial charge on any atom is -0.377 e. The van der Waals surface area contributed by atoms with E-state index in [0.717, 1.165) is 45.7 Å².